The van der Waals surface area contributed by atoms with Crippen LogP contribution in [0.25, 0.3) is 0 Å². The molecule has 0 saturated heterocycles. The van der Waals surface area contributed by atoms with Crippen molar-refractivity contribution in [1.82, 2.24) is 9.97 Å². The van der Waals surface area contributed by atoms with Crippen molar-refractivity contribution in [3.05, 3.63) is 83.1 Å². The number of rotatable bonds is 6. The maximum Gasteiger partial charge on any atom is 0.0772 e. The van der Waals surface area contributed by atoms with Gasteiger partial charge in [0.05, 0.1) is 13.2 Å². The topological polar surface area (TPSA) is 25.8 Å². The van der Waals surface area contributed by atoms with Gasteiger partial charge in [-0.05, 0) is 45.3 Å². The number of allylic oxidation sites excluding steroid dienone is 4. The van der Waals surface area contributed by atoms with Crippen LogP contribution in [0.2, 0.25) is 19.6 Å². The third-order valence-electron chi connectivity index (χ3n) is 6.65. The van der Waals surface area contributed by atoms with Gasteiger partial charge in [-0.1, -0.05) is 98.6 Å². The Morgan fingerprint density at radius 1 is 0.879 bits per heavy atom. The van der Waals surface area contributed by atoms with E-state index in [0.717, 1.165) is 0 Å². The fraction of sp³-hybridized carbons (Fsp3) is 0.500. The second kappa shape index (κ2) is 9.48. The van der Waals surface area contributed by atoms with Crippen LogP contribution in [-0.2, 0) is 5.16 Å². The zero-order valence-corrected chi connectivity index (χ0v) is 25.0. The van der Waals surface area contributed by atoms with E-state index in [1.54, 1.807) is 5.20 Å². The van der Waals surface area contributed by atoms with Crippen molar-refractivity contribution < 1.29 is 0 Å². The molecule has 2 nitrogen and oxygen atoms in total. The Bertz CT molecular complexity index is 956. The molecule has 2 aromatic rings. The molecule has 0 radical (unpaired) electrons. The molecule has 0 aromatic carbocycles. The van der Waals surface area contributed by atoms with Crippen LogP contribution in [0.3, 0.4) is 0 Å². The number of nitrogens with zero attached hydrogens (tertiary/aromatic N) is 2. The van der Waals surface area contributed by atoms with Crippen molar-refractivity contribution in [1.29, 1.82) is 0 Å². The first-order valence-corrected chi connectivity index (χ1v) is 17.6. The Morgan fingerprint density at radius 3 is 1.73 bits per heavy atom. The van der Waals surface area contributed by atoms with E-state index in [2.05, 4.69) is 117 Å². The second-order valence-electron chi connectivity index (χ2n) is 12.3. The first-order valence-electron chi connectivity index (χ1n) is 12.0. The maximum atomic E-state index is 4.51. The lowest BCUT2D eigenvalue weighted by molar-refractivity contribution is 0.676. The molecule has 2 heterocycles. The minimum Gasteiger partial charge on any atom is -0.264 e. The van der Waals surface area contributed by atoms with Crippen molar-refractivity contribution in [3.63, 3.8) is 0 Å². The van der Waals surface area contributed by atoms with Gasteiger partial charge < -0.3 is 0 Å². The Labute approximate surface area is 206 Å². The van der Waals surface area contributed by atoms with Crippen LogP contribution in [0, 0.1) is 5.92 Å². The Hall–Kier alpha value is -1.14. The lowest BCUT2D eigenvalue weighted by atomic mass is 9.81. The minimum absolute atomic E-state index is 0.231. The lowest BCUT2D eigenvalue weighted by Gasteiger charge is -2.44. The standard InChI is InChI=1S/C28H42N2P2Si/c1-26(2,3)32(27(4,5)6)20-21-16-24(33(7,8)9)17-25(21)28(31,22-12-10-14-29-18-22)23-13-11-15-30-19-23/h10-19,21H,20,31H2,1-9H3. The van der Waals surface area contributed by atoms with Crippen LogP contribution >= 0.6 is 17.2 Å². The van der Waals surface area contributed by atoms with E-state index < -0.39 is 8.07 Å². The molecule has 0 spiro atoms. The zero-order chi connectivity index (χ0) is 24.7. The predicted molar refractivity (Wildman–Crippen MR) is 153 cm³/mol. The van der Waals surface area contributed by atoms with Crippen molar-refractivity contribution in [3.8, 4) is 0 Å². The van der Waals surface area contributed by atoms with Gasteiger partial charge in [0.1, 0.15) is 0 Å². The first-order chi connectivity index (χ1) is 15.1. The van der Waals surface area contributed by atoms with Crippen molar-refractivity contribution >= 4 is 25.2 Å². The van der Waals surface area contributed by atoms with E-state index in [1.165, 1.54) is 22.9 Å². The van der Waals surface area contributed by atoms with E-state index in [9.17, 15) is 0 Å². The monoisotopic (exact) mass is 496 g/mol. The SMILES string of the molecule is CC(C)(C)P(CC1C=C([Si](C)(C)C)C=C1C(P)(c1cccnc1)c1cccnc1)C(C)(C)C. The summed E-state index contributed by atoms with van der Waals surface area (Å²) >= 11 is 0. The predicted octanol–water partition coefficient (Wildman–Crippen LogP) is 8.03. The fourth-order valence-corrected chi connectivity index (χ4v) is 10.8. The molecule has 0 saturated carbocycles. The molecule has 0 aliphatic heterocycles. The van der Waals surface area contributed by atoms with Crippen LogP contribution in [0.5, 0.6) is 0 Å². The molecule has 2 unspecified atom stereocenters. The van der Waals surface area contributed by atoms with Crippen LogP contribution in [0.4, 0.5) is 0 Å². The first kappa shape index (κ1) is 26.5. The maximum absolute atomic E-state index is 4.51. The van der Waals surface area contributed by atoms with Crippen LogP contribution in [0.1, 0.15) is 52.7 Å². The number of hydrogen-bond acceptors (Lipinski definition) is 2. The summed E-state index contributed by atoms with van der Waals surface area (Å²) in [6.45, 7) is 22.0. The zero-order valence-electron chi connectivity index (χ0n) is 22.0. The van der Waals surface area contributed by atoms with Gasteiger partial charge in [-0.15, -0.1) is 9.24 Å². The Balaban J connectivity index is 2.21. The van der Waals surface area contributed by atoms with Gasteiger partial charge in [0.2, 0.25) is 0 Å². The van der Waals surface area contributed by atoms with E-state index >= 15 is 0 Å². The van der Waals surface area contributed by atoms with Crippen molar-refractivity contribution in [2.45, 2.75) is 76.7 Å². The molecule has 178 valence electrons. The van der Waals surface area contributed by atoms with Gasteiger partial charge in [-0.25, -0.2) is 0 Å². The molecular formula is C28H42N2P2Si. The summed E-state index contributed by atoms with van der Waals surface area (Å²) in [6, 6.07) is 8.54. The number of aromatic nitrogens is 2. The number of pyridine rings is 2. The highest BCUT2D eigenvalue weighted by Gasteiger charge is 2.44. The van der Waals surface area contributed by atoms with Gasteiger partial charge in [0.25, 0.3) is 0 Å². The normalized spacial score (nSPS) is 17.8. The summed E-state index contributed by atoms with van der Waals surface area (Å²) in [4.78, 5) is 9.03. The van der Waals surface area contributed by atoms with Crippen LogP contribution < -0.4 is 0 Å². The van der Waals surface area contributed by atoms with E-state index in [1.807, 2.05) is 24.8 Å². The Morgan fingerprint density at radius 2 is 1.36 bits per heavy atom. The van der Waals surface area contributed by atoms with Gasteiger partial charge in [0, 0.05) is 30.7 Å². The molecule has 33 heavy (non-hydrogen) atoms. The molecule has 5 heteroatoms. The molecule has 0 bridgehead atoms. The highest BCUT2D eigenvalue weighted by molar-refractivity contribution is 7.60. The minimum atomic E-state index is -1.48. The third kappa shape index (κ3) is 5.75. The average molecular weight is 497 g/mol. The van der Waals surface area contributed by atoms with Gasteiger partial charge in [-0.2, -0.15) is 0 Å². The van der Waals surface area contributed by atoms with E-state index in [4.69, 9.17) is 0 Å². The fourth-order valence-electron chi connectivity index (χ4n) is 5.10. The van der Waals surface area contributed by atoms with E-state index in [-0.39, 0.29) is 13.1 Å². The lowest BCUT2D eigenvalue weighted by Crippen LogP contribution is -2.32. The molecule has 1 aliphatic carbocycles. The third-order valence-corrected chi connectivity index (χ3v) is 13.7. The smallest absolute Gasteiger partial charge is 0.0772 e. The molecule has 1 aliphatic rings. The number of hydrogen-bond donors (Lipinski definition) is 0. The second-order valence-corrected chi connectivity index (χ2v) is 22.2. The molecule has 0 amide bonds. The average Bonchev–Trinajstić information content (AvgIpc) is 3.16. The van der Waals surface area contributed by atoms with Gasteiger partial charge in [0.15, 0.2) is 0 Å². The van der Waals surface area contributed by atoms with Crippen LogP contribution in [0.15, 0.2) is 72.0 Å². The summed E-state index contributed by atoms with van der Waals surface area (Å²) in [6.07, 6.45) is 14.2. The quantitative estimate of drug-likeness (QED) is 0.299. The summed E-state index contributed by atoms with van der Waals surface area (Å²) in [5, 5.41) is 1.81. The molecule has 3 rings (SSSR count). The van der Waals surface area contributed by atoms with Gasteiger partial charge in [-0.3, -0.25) is 9.97 Å². The molecular weight excluding hydrogens is 454 g/mol. The highest BCUT2D eigenvalue weighted by Crippen LogP contribution is 2.63. The van der Waals surface area contributed by atoms with Crippen LogP contribution in [-0.4, -0.2) is 34.5 Å². The van der Waals surface area contributed by atoms with E-state index in [0.29, 0.717) is 16.2 Å². The van der Waals surface area contributed by atoms with Crippen molar-refractivity contribution in [2.75, 3.05) is 6.16 Å². The largest absolute Gasteiger partial charge is 0.264 e. The summed E-state index contributed by atoms with van der Waals surface area (Å²) in [5.74, 6) is 0.411. The summed E-state index contributed by atoms with van der Waals surface area (Å²) < 4.78 is 0. The summed E-state index contributed by atoms with van der Waals surface area (Å²) in [5.41, 5.74) is 3.90. The summed E-state index contributed by atoms with van der Waals surface area (Å²) in [7, 11) is 1.52. The molecule has 0 fully saturated rings. The molecule has 0 N–H and O–H groups in total. The Kier molecular flexibility index (Phi) is 7.60. The van der Waals surface area contributed by atoms with Crippen molar-refractivity contribution in [2.24, 2.45) is 5.92 Å². The molecule has 2 atom stereocenters. The molecule has 2 aromatic heterocycles. The highest BCUT2D eigenvalue weighted by atomic mass is 31.1. The van der Waals surface area contributed by atoms with Gasteiger partial charge >= 0.3 is 0 Å².